The third kappa shape index (κ3) is 2.77. The smallest absolute Gasteiger partial charge is 0.239 e. The number of ether oxygens (including phenoxy) is 1. The van der Waals surface area contributed by atoms with E-state index in [0.717, 1.165) is 30.8 Å². The molecule has 19 heavy (non-hydrogen) atoms. The Morgan fingerprint density at radius 1 is 1.37 bits per heavy atom. The Kier molecular flexibility index (Phi) is 3.25. The van der Waals surface area contributed by atoms with Crippen LogP contribution < -0.4 is 15.4 Å². The van der Waals surface area contributed by atoms with Crippen LogP contribution in [-0.4, -0.2) is 24.2 Å². The average Bonchev–Trinajstić information content (AvgIpc) is 3.13. The van der Waals surface area contributed by atoms with E-state index >= 15 is 0 Å². The van der Waals surface area contributed by atoms with E-state index in [1.165, 1.54) is 19.3 Å². The average molecular weight is 261 g/mol. The maximum absolute atomic E-state index is 5.95. The van der Waals surface area contributed by atoms with Crippen LogP contribution in [0.3, 0.4) is 0 Å². The SMILES string of the molecule is CC1CC(C)N(c2ccc(N)c(OCC3CC3)n2)C1. The highest BCUT2D eigenvalue weighted by Crippen LogP contribution is 2.33. The molecule has 4 heteroatoms. The standard InChI is InChI=1S/C15H23N3O/c1-10-7-11(2)18(8-10)14-6-5-13(16)15(17-14)19-9-12-3-4-12/h5-6,10-12H,3-4,7-9,16H2,1-2H3. The quantitative estimate of drug-likeness (QED) is 0.905. The Hall–Kier alpha value is -1.45. The van der Waals surface area contributed by atoms with Gasteiger partial charge in [-0.2, -0.15) is 4.98 Å². The minimum Gasteiger partial charge on any atom is -0.476 e. The minimum absolute atomic E-state index is 0.544. The maximum atomic E-state index is 5.95. The molecule has 1 saturated carbocycles. The lowest BCUT2D eigenvalue weighted by molar-refractivity contribution is 0.290. The van der Waals surface area contributed by atoms with Gasteiger partial charge in [-0.3, -0.25) is 0 Å². The fraction of sp³-hybridized carbons (Fsp3) is 0.667. The molecule has 0 spiro atoms. The number of nitrogen functional groups attached to an aromatic ring is 1. The van der Waals surface area contributed by atoms with E-state index < -0.39 is 0 Å². The first-order chi connectivity index (χ1) is 9.13. The van der Waals surface area contributed by atoms with Gasteiger partial charge >= 0.3 is 0 Å². The molecule has 2 atom stereocenters. The highest BCUT2D eigenvalue weighted by atomic mass is 16.5. The van der Waals surface area contributed by atoms with Crippen LogP contribution in [0.15, 0.2) is 12.1 Å². The summed E-state index contributed by atoms with van der Waals surface area (Å²) in [6.45, 7) is 6.37. The molecule has 3 rings (SSSR count). The molecule has 4 nitrogen and oxygen atoms in total. The number of hydrogen-bond donors (Lipinski definition) is 1. The van der Waals surface area contributed by atoms with Crippen LogP contribution in [0.4, 0.5) is 11.5 Å². The fourth-order valence-corrected chi connectivity index (χ4v) is 2.82. The largest absolute Gasteiger partial charge is 0.476 e. The van der Waals surface area contributed by atoms with Crippen molar-refractivity contribution in [3.8, 4) is 5.88 Å². The molecular formula is C15H23N3O. The molecule has 2 heterocycles. The monoisotopic (exact) mass is 261 g/mol. The third-order valence-corrected chi connectivity index (χ3v) is 4.11. The lowest BCUT2D eigenvalue weighted by Crippen LogP contribution is -2.27. The lowest BCUT2D eigenvalue weighted by atomic mass is 10.1. The van der Waals surface area contributed by atoms with E-state index in [1.807, 2.05) is 12.1 Å². The molecule has 0 aromatic carbocycles. The Morgan fingerprint density at radius 3 is 2.79 bits per heavy atom. The van der Waals surface area contributed by atoms with E-state index in [2.05, 4.69) is 23.7 Å². The Bertz CT molecular complexity index is 459. The molecule has 0 amide bonds. The number of rotatable bonds is 4. The van der Waals surface area contributed by atoms with Crippen LogP contribution >= 0.6 is 0 Å². The minimum atomic E-state index is 0.544. The third-order valence-electron chi connectivity index (χ3n) is 4.11. The summed E-state index contributed by atoms with van der Waals surface area (Å²) in [5.74, 6) is 3.05. The normalized spacial score (nSPS) is 26.7. The van der Waals surface area contributed by atoms with Crippen molar-refractivity contribution in [2.75, 3.05) is 23.8 Å². The number of aromatic nitrogens is 1. The molecule has 0 radical (unpaired) electrons. The Balaban J connectivity index is 1.75. The van der Waals surface area contributed by atoms with Gasteiger partial charge in [-0.1, -0.05) is 6.92 Å². The second-order valence-electron chi connectivity index (χ2n) is 6.16. The first-order valence-corrected chi connectivity index (χ1v) is 7.29. The Morgan fingerprint density at radius 2 is 2.16 bits per heavy atom. The molecule has 1 saturated heterocycles. The van der Waals surface area contributed by atoms with E-state index in [4.69, 9.17) is 10.5 Å². The fourth-order valence-electron chi connectivity index (χ4n) is 2.82. The van der Waals surface area contributed by atoms with Crippen LogP contribution in [0.5, 0.6) is 5.88 Å². The van der Waals surface area contributed by atoms with Crippen molar-refractivity contribution in [1.82, 2.24) is 4.98 Å². The van der Waals surface area contributed by atoms with Crippen molar-refractivity contribution in [2.24, 2.45) is 11.8 Å². The summed E-state index contributed by atoms with van der Waals surface area (Å²) in [6.07, 6.45) is 3.78. The van der Waals surface area contributed by atoms with Crippen molar-refractivity contribution in [3.05, 3.63) is 12.1 Å². The van der Waals surface area contributed by atoms with E-state index in [1.54, 1.807) is 0 Å². The molecule has 1 aliphatic heterocycles. The van der Waals surface area contributed by atoms with Crippen LogP contribution in [0, 0.1) is 11.8 Å². The molecule has 0 bridgehead atoms. The summed E-state index contributed by atoms with van der Waals surface area (Å²) in [7, 11) is 0. The summed E-state index contributed by atoms with van der Waals surface area (Å²) >= 11 is 0. The number of nitrogens with zero attached hydrogens (tertiary/aromatic N) is 2. The molecule has 2 fully saturated rings. The zero-order valence-corrected chi connectivity index (χ0v) is 11.8. The second kappa shape index (κ2) is 4.91. The van der Waals surface area contributed by atoms with Gasteiger partial charge in [0.25, 0.3) is 0 Å². The van der Waals surface area contributed by atoms with Crippen molar-refractivity contribution in [2.45, 2.75) is 39.2 Å². The van der Waals surface area contributed by atoms with Gasteiger partial charge in [0.05, 0.1) is 12.3 Å². The Labute approximate surface area is 115 Å². The first kappa shape index (κ1) is 12.6. The summed E-state index contributed by atoms with van der Waals surface area (Å²) in [4.78, 5) is 6.97. The summed E-state index contributed by atoms with van der Waals surface area (Å²) in [6, 6.07) is 4.47. The molecular weight excluding hydrogens is 238 g/mol. The summed E-state index contributed by atoms with van der Waals surface area (Å²) < 4.78 is 5.76. The van der Waals surface area contributed by atoms with Gasteiger partial charge in [0.15, 0.2) is 0 Å². The number of nitrogens with two attached hydrogens (primary N) is 1. The van der Waals surface area contributed by atoms with Crippen molar-refractivity contribution >= 4 is 11.5 Å². The first-order valence-electron chi connectivity index (χ1n) is 7.29. The lowest BCUT2D eigenvalue weighted by Gasteiger charge is -2.23. The van der Waals surface area contributed by atoms with Gasteiger partial charge in [0.2, 0.25) is 5.88 Å². The molecule has 1 aromatic rings. The van der Waals surface area contributed by atoms with Crippen LogP contribution in [0.2, 0.25) is 0 Å². The van der Waals surface area contributed by atoms with E-state index in [0.29, 0.717) is 17.6 Å². The molecule has 1 aromatic heterocycles. The highest BCUT2D eigenvalue weighted by molar-refractivity contribution is 5.55. The number of anilines is 2. The van der Waals surface area contributed by atoms with Crippen molar-refractivity contribution in [3.63, 3.8) is 0 Å². The van der Waals surface area contributed by atoms with Gasteiger partial charge in [0, 0.05) is 12.6 Å². The molecule has 2 N–H and O–H groups in total. The van der Waals surface area contributed by atoms with Gasteiger partial charge in [-0.25, -0.2) is 0 Å². The van der Waals surface area contributed by atoms with Crippen LogP contribution in [-0.2, 0) is 0 Å². The van der Waals surface area contributed by atoms with Crippen molar-refractivity contribution < 1.29 is 4.74 Å². The van der Waals surface area contributed by atoms with E-state index in [9.17, 15) is 0 Å². The predicted octanol–water partition coefficient (Wildman–Crippen LogP) is 2.69. The van der Waals surface area contributed by atoms with Gasteiger partial charge in [0.1, 0.15) is 5.82 Å². The topological polar surface area (TPSA) is 51.4 Å². The van der Waals surface area contributed by atoms with Gasteiger partial charge in [-0.05, 0) is 50.2 Å². The predicted molar refractivity (Wildman–Crippen MR) is 77.5 cm³/mol. The number of hydrogen-bond acceptors (Lipinski definition) is 4. The molecule has 1 aliphatic carbocycles. The summed E-state index contributed by atoms with van der Waals surface area (Å²) in [5.41, 5.74) is 6.59. The van der Waals surface area contributed by atoms with Crippen LogP contribution in [0.1, 0.15) is 33.1 Å². The second-order valence-corrected chi connectivity index (χ2v) is 6.16. The van der Waals surface area contributed by atoms with Gasteiger partial charge < -0.3 is 15.4 Å². The zero-order chi connectivity index (χ0) is 13.4. The van der Waals surface area contributed by atoms with Crippen molar-refractivity contribution in [1.29, 1.82) is 0 Å². The highest BCUT2D eigenvalue weighted by Gasteiger charge is 2.28. The molecule has 2 unspecified atom stereocenters. The molecule has 2 aliphatic rings. The summed E-state index contributed by atoms with van der Waals surface area (Å²) in [5, 5.41) is 0. The van der Waals surface area contributed by atoms with Gasteiger partial charge in [-0.15, -0.1) is 0 Å². The number of pyridine rings is 1. The molecule has 104 valence electrons. The zero-order valence-electron chi connectivity index (χ0n) is 11.8. The van der Waals surface area contributed by atoms with E-state index in [-0.39, 0.29) is 0 Å². The maximum Gasteiger partial charge on any atom is 0.239 e. The van der Waals surface area contributed by atoms with Crippen LogP contribution in [0.25, 0.3) is 0 Å².